The molecule has 0 aliphatic heterocycles. The quantitative estimate of drug-likeness (QED) is 0.575. The minimum atomic E-state index is -2.90. The van der Waals surface area contributed by atoms with Crippen molar-refractivity contribution in [2.75, 3.05) is 0 Å². The molecule has 0 aliphatic rings. The van der Waals surface area contributed by atoms with Crippen molar-refractivity contribution in [3.05, 3.63) is 65.1 Å². The molecule has 0 saturated carbocycles. The van der Waals surface area contributed by atoms with Gasteiger partial charge in [0, 0.05) is 5.39 Å². The summed E-state index contributed by atoms with van der Waals surface area (Å²) in [6.07, 6.45) is 1.55. The van der Waals surface area contributed by atoms with Crippen LogP contribution in [0.1, 0.15) is 0 Å². The van der Waals surface area contributed by atoms with Crippen molar-refractivity contribution >= 4 is 21.9 Å². The smallest absolute Gasteiger partial charge is 0.387 e. The molecular formula is C17H10F2N2O3. The molecule has 4 aromatic rings. The zero-order chi connectivity index (χ0) is 16.7. The van der Waals surface area contributed by atoms with Gasteiger partial charge in [-0.1, -0.05) is 18.2 Å². The number of furan rings is 1. The second kappa shape index (κ2) is 5.45. The van der Waals surface area contributed by atoms with Crippen molar-refractivity contribution < 1.29 is 17.9 Å². The molecule has 0 amide bonds. The number of nitrogens with zero attached hydrogens (tertiary/aromatic N) is 2. The number of halogens is 2. The molecule has 0 saturated heterocycles. The maximum absolute atomic E-state index is 12.6. The van der Waals surface area contributed by atoms with E-state index in [9.17, 15) is 13.6 Å². The van der Waals surface area contributed by atoms with E-state index in [2.05, 4.69) is 9.84 Å². The third-order valence-electron chi connectivity index (χ3n) is 3.63. The number of benzene rings is 2. The largest absolute Gasteiger partial charge is 0.450 e. The summed E-state index contributed by atoms with van der Waals surface area (Å²) in [5.74, 6) is 0.00612. The fourth-order valence-electron chi connectivity index (χ4n) is 2.57. The summed E-state index contributed by atoms with van der Waals surface area (Å²) < 4.78 is 35.4. The van der Waals surface area contributed by atoms with Gasteiger partial charge in [-0.15, -0.1) is 0 Å². The van der Waals surface area contributed by atoms with E-state index >= 15 is 0 Å². The standard InChI is InChI=1S/C17H10F2N2O3/c18-17(19)23-11-7-5-10(6-8-11)21-16(22)15-13(9-20-21)12-3-1-2-4-14(12)24-15/h1-9,17H. The molecule has 0 spiro atoms. The zero-order valence-electron chi connectivity index (χ0n) is 12.1. The zero-order valence-corrected chi connectivity index (χ0v) is 12.1. The Morgan fingerprint density at radius 2 is 1.79 bits per heavy atom. The highest BCUT2D eigenvalue weighted by atomic mass is 19.3. The lowest BCUT2D eigenvalue weighted by molar-refractivity contribution is -0.0498. The van der Waals surface area contributed by atoms with Gasteiger partial charge in [0.2, 0.25) is 5.58 Å². The molecule has 120 valence electrons. The monoisotopic (exact) mass is 328 g/mol. The fraction of sp³-hybridized carbons (Fsp3) is 0.0588. The van der Waals surface area contributed by atoms with Crippen LogP contribution in [0.15, 0.2) is 63.9 Å². The molecule has 2 heterocycles. The summed E-state index contributed by atoms with van der Waals surface area (Å²) in [7, 11) is 0. The van der Waals surface area contributed by atoms with Crippen LogP contribution in [0.4, 0.5) is 8.78 Å². The van der Waals surface area contributed by atoms with Crippen molar-refractivity contribution in [3.63, 3.8) is 0 Å². The summed E-state index contributed by atoms with van der Waals surface area (Å²) in [6, 6.07) is 12.9. The Kier molecular flexibility index (Phi) is 3.26. The number of hydrogen-bond acceptors (Lipinski definition) is 4. The van der Waals surface area contributed by atoms with Gasteiger partial charge in [-0.05, 0) is 30.3 Å². The second-order valence-electron chi connectivity index (χ2n) is 5.07. The Balaban J connectivity index is 1.84. The predicted molar refractivity (Wildman–Crippen MR) is 83.7 cm³/mol. The van der Waals surface area contributed by atoms with Gasteiger partial charge in [-0.3, -0.25) is 4.79 Å². The van der Waals surface area contributed by atoms with Crippen molar-refractivity contribution in [1.82, 2.24) is 9.78 Å². The van der Waals surface area contributed by atoms with E-state index in [0.717, 1.165) is 10.1 Å². The normalized spacial score (nSPS) is 11.5. The maximum atomic E-state index is 12.6. The number of alkyl halides is 2. The molecule has 2 aromatic heterocycles. The Hall–Kier alpha value is -3.22. The van der Waals surface area contributed by atoms with Crippen LogP contribution >= 0.6 is 0 Å². The van der Waals surface area contributed by atoms with Crippen molar-refractivity contribution in [2.24, 2.45) is 0 Å². The van der Waals surface area contributed by atoms with Crippen LogP contribution in [0.2, 0.25) is 0 Å². The van der Waals surface area contributed by atoms with Gasteiger partial charge in [0.05, 0.1) is 17.3 Å². The van der Waals surface area contributed by atoms with Gasteiger partial charge in [-0.2, -0.15) is 18.6 Å². The summed E-state index contributed by atoms with van der Waals surface area (Å²) in [5, 5.41) is 5.58. The molecule has 0 unspecified atom stereocenters. The van der Waals surface area contributed by atoms with E-state index in [4.69, 9.17) is 4.42 Å². The molecule has 0 radical (unpaired) electrons. The Labute approximate surface area is 133 Å². The van der Waals surface area contributed by atoms with E-state index in [0.29, 0.717) is 16.7 Å². The van der Waals surface area contributed by atoms with Gasteiger partial charge in [0.15, 0.2) is 0 Å². The van der Waals surface area contributed by atoms with Crippen LogP contribution in [0, 0.1) is 0 Å². The molecule has 0 fully saturated rings. The molecule has 0 bridgehead atoms. The molecule has 0 aliphatic carbocycles. The highest BCUT2D eigenvalue weighted by Gasteiger charge is 2.13. The molecule has 5 nitrogen and oxygen atoms in total. The SMILES string of the molecule is O=c1c2oc3ccccc3c2cnn1-c1ccc(OC(F)F)cc1. The number of hydrogen-bond donors (Lipinski definition) is 0. The lowest BCUT2D eigenvalue weighted by atomic mass is 10.2. The highest BCUT2D eigenvalue weighted by Crippen LogP contribution is 2.25. The number of fused-ring (bicyclic) bond motifs is 3. The average Bonchev–Trinajstić information content (AvgIpc) is 2.95. The van der Waals surface area contributed by atoms with Crippen LogP contribution in [-0.4, -0.2) is 16.4 Å². The van der Waals surface area contributed by atoms with Gasteiger partial charge in [0.25, 0.3) is 0 Å². The van der Waals surface area contributed by atoms with Crippen molar-refractivity contribution in [3.8, 4) is 11.4 Å². The van der Waals surface area contributed by atoms with E-state index < -0.39 is 12.2 Å². The Morgan fingerprint density at radius 1 is 1.04 bits per heavy atom. The fourth-order valence-corrected chi connectivity index (χ4v) is 2.57. The lowest BCUT2D eigenvalue weighted by Gasteiger charge is -2.06. The first-order chi connectivity index (χ1) is 11.6. The highest BCUT2D eigenvalue weighted by molar-refractivity contribution is 6.03. The molecule has 7 heteroatoms. The van der Waals surface area contributed by atoms with Crippen LogP contribution in [0.5, 0.6) is 5.75 Å². The third-order valence-corrected chi connectivity index (χ3v) is 3.63. The van der Waals surface area contributed by atoms with Crippen LogP contribution in [0.3, 0.4) is 0 Å². The summed E-state index contributed by atoms with van der Waals surface area (Å²) in [5.41, 5.74) is 0.791. The molecule has 0 N–H and O–H groups in total. The average molecular weight is 328 g/mol. The van der Waals surface area contributed by atoms with Crippen LogP contribution < -0.4 is 10.3 Å². The summed E-state index contributed by atoms with van der Waals surface area (Å²) in [6.45, 7) is -2.90. The number of aromatic nitrogens is 2. The Morgan fingerprint density at radius 3 is 2.54 bits per heavy atom. The third kappa shape index (κ3) is 2.30. The molecule has 0 atom stereocenters. The molecule has 24 heavy (non-hydrogen) atoms. The minimum absolute atomic E-state index is 0.00612. The van der Waals surface area contributed by atoms with Crippen molar-refractivity contribution in [2.45, 2.75) is 6.61 Å². The first-order valence-corrected chi connectivity index (χ1v) is 7.08. The van der Waals surface area contributed by atoms with Gasteiger partial charge < -0.3 is 9.15 Å². The van der Waals surface area contributed by atoms with Gasteiger partial charge in [0.1, 0.15) is 11.3 Å². The number of para-hydroxylation sites is 1. The molecule has 2 aromatic carbocycles. The van der Waals surface area contributed by atoms with Crippen LogP contribution in [-0.2, 0) is 0 Å². The van der Waals surface area contributed by atoms with Crippen LogP contribution in [0.25, 0.3) is 27.6 Å². The lowest BCUT2D eigenvalue weighted by Crippen LogP contribution is -2.20. The minimum Gasteiger partial charge on any atom is -0.450 e. The second-order valence-corrected chi connectivity index (χ2v) is 5.07. The van der Waals surface area contributed by atoms with Gasteiger partial charge in [-0.25, -0.2) is 0 Å². The first kappa shape index (κ1) is 14.4. The first-order valence-electron chi connectivity index (χ1n) is 7.08. The van der Waals surface area contributed by atoms with Crippen molar-refractivity contribution in [1.29, 1.82) is 0 Å². The number of rotatable bonds is 3. The van der Waals surface area contributed by atoms with E-state index in [1.54, 1.807) is 12.3 Å². The van der Waals surface area contributed by atoms with Gasteiger partial charge >= 0.3 is 12.2 Å². The summed E-state index contributed by atoms with van der Waals surface area (Å²) in [4.78, 5) is 12.6. The summed E-state index contributed by atoms with van der Waals surface area (Å²) >= 11 is 0. The maximum Gasteiger partial charge on any atom is 0.387 e. The Bertz CT molecular complexity index is 1080. The topological polar surface area (TPSA) is 57.3 Å². The molecule has 4 rings (SSSR count). The predicted octanol–water partition coefficient (Wildman–Crippen LogP) is 3.73. The molecular weight excluding hydrogens is 318 g/mol. The van der Waals surface area contributed by atoms with E-state index in [1.165, 1.54) is 24.3 Å². The van der Waals surface area contributed by atoms with E-state index in [-0.39, 0.29) is 11.3 Å². The van der Waals surface area contributed by atoms with E-state index in [1.807, 2.05) is 18.2 Å². The number of ether oxygens (including phenoxy) is 1.